The zero-order chi connectivity index (χ0) is 10.5. The monoisotopic (exact) mass is 309 g/mol. The van der Waals surface area contributed by atoms with Crippen LogP contribution in [-0.4, -0.2) is 0 Å². The van der Waals surface area contributed by atoms with Gasteiger partial charge in [0.05, 0.1) is 0 Å². The van der Waals surface area contributed by atoms with Crippen LogP contribution >= 0.6 is 22.6 Å². The van der Waals surface area contributed by atoms with Gasteiger partial charge < -0.3 is 5.32 Å². The van der Waals surface area contributed by atoms with Gasteiger partial charge in [-0.25, -0.2) is 0 Å². The standard InChI is InChI=1S/C13H12IN/c14-12-6-8-13(9-7-12)15-10-11-4-2-1-3-5-11/h1-9,15H,10H2. The van der Waals surface area contributed by atoms with Gasteiger partial charge in [0.1, 0.15) is 0 Å². The molecule has 2 heteroatoms. The van der Waals surface area contributed by atoms with Crippen molar-refractivity contribution < 1.29 is 0 Å². The molecule has 0 radical (unpaired) electrons. The van der Waals surface area contributed by atoms with Crippen molar-refractivity contribution in [1.82, 2.24) is 0 Å². The average molecular weight is 309 g/mol. The van der Waals surface area contributed by atoms with Gasteiger partial charge in [-0.2, -0.15) is 0 Å². The van der Waals surface area contributed by atoms with E-state index in [1.807, 2.05) is 6.07 Å². The summed E-state index contributed by atoms with van der Waals surface area (Å²) in [6.07, 6.45) is 0. The largest absolute Gasteiger partial charge is 0.381 e. The first-order chi connectivity index (χ1) is 7.34. The lowest BCUT2D eigenvalue weighted by Crippen LogP contribution is -1.98. The van der Waals surface area contributed by atoms with Crippen molar-refractivity contribution in [1.29, 1.82) is 0 Å². The van der Waals surface area contributed by atoms with Crippen LogP contribution in [0.25, 0.3) is 0 Å². The van der Waals surface area contributed by atoms with Gasteiger partial charge in [0, 0.05) is 15.8 Å². The second-order valence-corrected chi connectivity index (χ2v) is 4.59. The average Bonchev–Trinajstić information content (AvgIpc) is 2.30. The third kappa shape index (κ3) is 3.23. The zero-order valence-electron chi connectivity index (χ0n) is 8.28. The highest BCUT2D eigenvalue weighted by Gasteiger charge is 1.92. The minimum atomic E-state index is 0.876. The Hall–Kier alpha value is -1.03. The van der Waals surface area contributed by atoms with Crippen LogP contribution < -0.4 is 5.32 Å². The Morgan fingerprint density at radius 2 is 1.53 bits per heavy atom. The fraction of sp³-hybridized carbons (Fsp3) is 0.0769. The highest BCUT2D eigenvalue weighted by atomic mass is 127. The minimum absolute atomic E-state index is 0.876. The number of hydrogen-bond acceptors (Lipinski definition) is 1. The Kier molecular flexibility index (Phi) is 3.61. The predicted molar refractivity (Wildman–Crippen MR) is 72.9 cm³/mol. The smallest absolute Gasteiger partial charge is 0.0400 e. The van der Waals surface area contributed by atoms with Crippen LogP contribution in [0.3, 0.4) is 0 Å². The molecule has 0 spiro atoms. The Bertz CT molecular complexity index is 408. The molecule has 0 aliphatic heterocycles. The lowest BCUT2D eigenvalue weighted by molar-refractivity contribution is 1.15. The summed E-state index contributed by atoms with van der Waals surface area (Å²) < 4.78 is 1.26. The highest BCUT2D eigenvalue weighted by Crippen LogP contribution is 2.12. The van der Waals surface area contributed by atoms with Gasteiger partial charge in [0.15, 0.2) is 0 Å². The molecule has 2 aromatic carbocycles. The molecular weight excluding hydrogens is 297 g/mol. The molecule has 0 saturated carbocycles. The maximum atomic E-state index is 3.38. The number of nitrogens with one attached hydrogen (secondary N) is 1. The first-order valence-electron chi connectivity index (χ1n) is 4.88. The van der Waals surface area contributed by atoms with Crippen LogP contribution in [0.4, 0.5) is 5.69 Å². The molecule has 0 heterocycles. The van der Waals surface area contributed by atoms with Gasteiger partial charge in [-0.1, -0.05) is 30.3 Å². The molecule has 76 valence electrons. The topological polar surface area (TPSA) is 12.0 Å². The molecule has 2 rings (SSSR count). The Morgan fingerprint density at radius 1 is 0.867 bits per heavy atom. The van der Waals surface area contributed by atoms with Crippen molar-refractivity contribution >= 4 is 28.3 Å². The normalized spacial score (nSPS) is 9.93. The summed E-state index contributed by atoms with van der Waals surface area (Å²) >= 11 is 2.31. The third-order valence-electron chi connectivity index (χ3n) is 2.18. The van der Waals surface area contributed by atoms with Crippen molar-refractivity contribution in [2.75, 3.05) is 5.32 Å². The van der Waals surface area contributed by atoms with E-state index in [1.54, 1.807) is 0 Å². The number of anilines is 1. The van der Waals surface area contributed by atoms with Crippen molar-refractivity contribution in [2.24, 2.45) is 0 Å². The van der Waals surface area contributed by atoms with E-state index in [4.69, 9.17) is 0 Å². The van der Waals surface area contributed by atoms with Crippen LogP contribution in [0.5, 0.6) is 0 Å². The van der Waals surface area contributed by atoms with Gasteiger partial charge in [-0.3, -0.25) is 0 Å². The van der Waals surface area contributed by atoms with Crippen molar-refractivity contribution in [2.45, 2.75) is 6.54 Å². The molecule has 0 aliphatic carbocycles. The highest BCUT2D eigenvalue weighted by molar-refractivity contribution is 14.1. The van der Waals surface area contributed by atoms with E-state index in [-0.39, 0.29) is 0 Å². The molecule has 0 aliphatic rings. The molecule has 0 amide bonds. The molecule has 1 N–H and O–H groups in total. The predicted octanol–water partition coefficient (Wildman–Crippen LogP) is 3.90. The molecule has 0 aromatic heterocycles. The fourth-order valence-corrected chi connectivity index (χ4v) is 1.73. The summed E-state index contributed by atoms with van der Waals surface area (Å²) in [5.74, 6) is 0. The van der Waals surface area contributed by atoms with Crippen LogP contribution in [0, 0.1) is 3.57 Å². The minimum Gasteiger partial charge on any atom is -0.381 e. The van der Waals surface area contributed by atoms with Gasteiger partial charge in [-0.15, -0.1) is 0 Å². The SMILES string of the molecule is Ic1ccc(NCc2ccccc2)cc1. The molecule has 2 aromatic rings. The van der Waals surface area contributed by atoms with Crippen LogP contribution in [-0.2, 0) is 6.54 Å². The van der Waals surface area contributed by atoms with Crippen molar-refractivity contribution in [3.63, 3.8) is 0 Å². The molecule has 15 heavy (non-hydrogen) atoms. The number of hydrogen-bond donors (Lipinski definition) is 1. The van der Waals surface area contributed by atoms with E-state index >= 15 is 0 Å². The maximum Gasteiger partial charge on any atom is 0.0400 e. The summed E-state index contributed by atoms with van der Waals surface area (Å²) in [5, 5.41) is 3.38. The van der Waals surface area contributed by atoms with E-state index in [0.29, 0.717) is 0 Å². The maximum absolute atomic E-state index is 3.38. The van der Waals surface area contributed by atoms with Crippen molar-refractivity contribution in [3.8, 4) is 0 Å². The number of rotatable bonds is 3. The number of halogens is 1. The summed E-state index contributed by atoms with van der Waals surface area (Å²) in [5.41, 5.74) is 2.47. The lowest BCUT2D eigenvalue weighted by Gasteiger charge is -2.06. The molecular formula is C13H12IN. The Labute approximate surface area is 104 Å². The Balaban J connectivity index is 1.96. The first kappa shape index (κ1) is 10.5. The van der Waals surface area contributed by atoms with Gasteiger partial charge in [0.2, 0.25) is 0 Å². The third-order valence-corrected chi connectivity index (χ3v) is 2.90. The van der Waals surface area contributed by atoms with E-state index in [2.05, 4.69) is 76.4 Å². The van der Waals surface area contributed by atoms with Crippen LogP contribution in [0.2, 0.25) is 0 Å². The zero-order valence-corrected chi connectivity index (χ0v) is 10.4. The second-order valence-electron chi connectivity index (χ2n) is 3.35. The summed E-state index contributed by atoms with van der Waals surface area (Å²) in [6, 6.07) is 18.8. The summed E-state index contributed by atoms with van der Waals surface area (Å²) in [6.45, 7) is 0.876. The molecule has 0 bridgehead atoms. The van der Waals surface area contributed by atoms with E-state index in [1.165, 1.54) is 14.8 Å². The van der Waals surface area contributed by atoms with E-state index in [9.17, 15) is 0 Å². The quantitative estimate of drug-likeness (QED) is 0.848. The van der Waals surface area contributed by atoms with Gasteiger partial charge in [-0.05, 0) is 52.4 Å². The summed E-state index contributed by atoms with van der Waals surface area (Å²) in [4.78, 5) is 0. The number of benzene rings is 2. The molecule has 0 atom stereocenters. The molecule has 0 unspecified atom stereocenters. The molecule has 1 nitrogen and oxygen atoms in total. The molecule has 0 saturated heterocycles. The van der Waals surface area contributed by atoms with Crippen LogP contribution in [0.1, 0.15) is 5.56 Å². The van der Waals surface area contributed by atoms with Crippen LogP contribution in [0.15, 0.2) is 54.6 Å². The van der Waals surface area contributed by atoms with Gasteiger partial charge >= 0.3 is 0 Å². The first-order valence-corrected chi connectivity index (χ1v) is 5.96. The Morgan fingerprint density at radius 3 is 2.20 bits per heavy atom. The lowest BCUT2D eigenvalue weighted by atomic mass is 10.2. The fourth-order valence-electron chi connectivity index (χ4n) is 1.37. The van der Waals surface area contributed by atoms with E-state index < -0.39 is 0 Å². The molecule has 0 fully saturated rings. The summed E-state index contributed by atoms with van der Waals surface area (Å²) in [7, 11) is 0. The second kappa shape index (κ2) is 5.16. The van der Waals surface area contributed by atoms with E-state index in [0.717, 1.165) is 6.54 Å². The van der Waals surface area contributed by atoms with Crippen molar-refractivity contribution in [3.05, 3.63) is 63.7 Å². The van der Waals surface area contributed by atoms with Gasteiger partial charge in [0.25, 0.3) is 0 Å².